The Morgan fingerprint density at radius 1 is 1.03 bits per heavy atom. The number of ether oxygens (including phenoxy) is 2. The number of rotatable bonds is 4. The first-order valence-electron chi connectivity index (χ1n) is 10.1. The Morgan fingerprint density at radius 2 is 1.71 bits per heavy atom. The number of carbonyl (C=O) groups excluding carboxylic acids is 1. The van der Waals surface area contributed by atoms with Gasteiger partial charge in [-0.05, 0) is 54.7 Å². The molecule has 5 nitrogen and oxygen atoms in total. The molecule has 0 unspecified atom stereocenters. The highest BCUT2D eigenvalue weighted by Gasteiger charge is 2.39. The largest absolute Gasteiger partial charge is 0.493 e. The predicted octanol–water partition coefficient (Wildman–Crippen LogP) is 5.24. The predicted molar refractivity (Wildman–Crippen MR) is 119 cm³/mol. The molecule has 0 bridgehead atoms. The van der Waals surface area contributed by atoms with Gasteiger partial charge in [0.1, 0.15) is 0 Å². The van der Waals surface area contributed by atoms with Gasteiger partial charge in [0.05, 0.1) is 31.8 Å². The Kier molecular flexibility index (Phi) is 5.75. The molecule has 0 saturated heterocycles. The van der Waals surface area contributed by atoms with E-state index in [2.05, 4.69) is 11.4 Å². The third-order valence-electron chi connectivity index (χ3n) is 6.03. The van der Waals surface area contributed by atoms with E-state index < -0.39 is 5.92 Å². The summed E-state index contributed by atoms with van der Waals surface area (Å²) in [5.41, 5.74) is 4.78. The van der Waals surface area contributed by atoms with E-state index in [1.807, 2.05) is 49.4 Å². The summed E-state index contributed by atoms with van der Waals surface area (Å²) in [5, 5.41) is 13.9. The molecule has 0 saturated carbocycles. The van der Waals surface area contributed by atoms with Gasteiger partial charge in [-0.25, -0.2) is 0 Å². The summed E-state index contributed by atoms with van der Waals surface area (Å²) in [6, 6.07) is 15.5. The molecule has 1 aliphatic heterocycles. The molecule has 0 amide bonds. The molecule has 2 aliphatic rings. The van der Waals surface area contributed by atoms with Crippen molar-refractivity contribution in [3.63, 3.8) is 0 Å². The van der Waals surface area contributed by atoms with Crippen LogP contribution in [0.15, 0.2) is 65.0 Å². The molecule has 4 rings (SSSR count). The first-order chi connectivity index (χ1) is 15.0. The number of nitrogens with zero attached hydrogens (tertiary/aromatic N) is 1. The number of Topliss-reactive ketones (excluding diaryl/α,β-unsaturated/α-hetero) is 1. The highest BCUT2D eigenvalue weighted by molar-refractivity contribution is 6.30. The summed E-state index contributed by atoms with van der Waals surface area (Å²) in [7, 11) is 3.15. The second-order valence-electron chi connectivity index (χ2n) is 7.80. The van der Waals surface area contributed by atoms with Crippen molar-refractivity contribution in [2.75, 3.05) is 14.2 Å². The van der Waals surface area contributed by atoms with Crippen LogP contribution in [0.1, 0.15) is 42.7 Å². The number of benzene rings is 2. The molecule has 0 fully saturated rings. The summed E-state index contributed by atoms with van der Waals surface area (Å²) < 4.78 is 10.8. The Hall–Kier alpha value is -3.23. The summed E-state index contributed by atoms with van der Waals surface area (Å²) >= 11 is 6.03. The first-order valence-corrected chi connectivity index (χ1v) is 10.5. The molecule has 0 radical (unpaired) electrons. The third kappa shape index (κ3) is 3.80. The van der Waals surface area contributed by atoms with E-state index in [0.717, 1.165) is 22.5 Å². The lowest BCUT2D eigenvalue weighted by Crippen LogP contribution is -2.33. The van der Waals surface area contributed by atoms with E-state index in [4.69, 9.17) is 21.1 Å². The number of allylic oxidation sites excluding steroid dienone is 4. The molecule has 0 spiro atoms. The molecule has 1 aliphatic carbocycles. The maximum absolute atomic E-state index is 13.4. The second kappa shape index (κ2) is 8.49. The Bertz CT molecular complexity index is 1140. The van der Waals surface area contributed by atoms with Crippen LogP contribution in [0.2, 0.25) is 5.02 Å². The van der Waals surface area contributed by atoms with Crippen LogP contribution in [0.4, 0.5) is 0 Å². The number of nitrogens with one attached hydrogen (secondary N) is 1. The number of dihydropyridines is 1. The third-order valence-corrected chi connectivity index (χ3v) is 6.28. The molecule has 1 N–H and O–H groups in total. The molecule has 2 atom stereocenters. The maximum atomic E-state index is 13.4. The number of carbonyl (C=O) groups is 1. The summed E-state index contributed by atoms with van der Waals surface area (Å²) in [6.07, 6.45) is 1.09. The van der Waals surface area contributed by atoms with Crippen molar-refractivity contribution in [3.05, 3.63) is 81.2 Å². The van der Waals surface area contributed by atoms with Crippen LogP contribution >= 0.6 is 11.6 Å². The number of hydrogen-bond donors (Lipinski definition) is 1. The zero-order chi connectivity index (χ0) is 22.1. The van der Waals surface area contributed by atoms with Gasteiger partial charge in [0.25, 0.3) is 0 Å². The van der Waals surface area contributed by atoms with Gasteiger partial charge < -0.3 is 14.8 Å². The van der Waals surface area contributed by atoms with Crippen molar-refractivity contribution < 1.29 is 14.3 Å². The van der Waals surface area contributed by atoms with E-state index in [1.54, 1.807) is 14.2 Å². The SMILES string of the molecule is COc1ccc([C@H]2C(C#N)=C(C)NC3=C2C(=O)C[C@H](c2ccc(Cl)cc2)C3)cc1OC. The minimum atomic E-state index is -0.431. The van der Waals surface area contributed by atoms with Gasteiger partial charge in [-0.1, -0.05) is 29.8 Å². The maximum Gasteiger partial charge on any atom is 0.162 e. The Morgan fingerprint density at radius 3 is 2.35 bits per heavy atom. The van der Waals surface area contributed by atoms with Crippen LogP contribution in [-0.4, -0.2) is 20.0 Å². The van der Waals surface area contributed by atoms with Crippen LogP contribution < -0.4 is 14.8 Å². The minimum Gasteiger partial charge on any atom is -0.493 e. The normalized spacial score (nSPS) is 20.7. The van der Waals surface area contributed by atoms with Crippen LogP contribution in [0, 0.1) is 11.3 Å². The molecule has 0 aromatic heterocycles. The van der Waals surface area contributed by atoms with E-state index in [-0.39, 0.29) is 11.7 Å². The van der Waals surface area contributed by atoms with Crippen molar-refractivity contribution in [3.8, 4) is 17.6 Å². The lowest BCUT2D eigenvalue weighted by molar-refractivity contribution is -0.116. The van der Waals surface area contributed by atoms with Crippen molar-refractivity contribution in [1.29, 1.82) is 5.26 Å². The van der Waals surface area contributed by atoms with Gasteiger partial charge in [-0.3, -0.25) is 4.79 Å². The number of hydrogen-bond acceptors (Lipinski definition) is 5. The fourth-order valence-electron chi connectivity index (χ4n) is 4.52. The fraction of sp³-hybridized carbons (Fsp3) is 0.280. The highest BCUT2D eigenvalue weighted by Crippen LogP contribution is 2.46. The average molecular weight is 435 g/mol. The van der Waals surface area contributed by atoms with Gasteiger partial charge in [0.2, 0.25) is 0 Å². The number of ketones is 1. The topological polar surface area (TPSA) is 71.3 Å². The molecule has 31 heavy (non-hydrogen) atoms. The van der Waals surface area contributed by atoms with Gasteiger partial charge in [-0.15, -0.1) is 0 Å². The molecular formula is C25H23ClN2O3. The minimum absolute atomic E-state index is 0.0498. The zero-order valence-corrected chi connectivity index (χ0v) is 18.4. The standard InChI is InChI=1S/C25H23ClN2O3/c1-14-19(13-27)24(16-6-9-22(30-2)23(12-16)31-3)25-20(28-14)10-17(11-21(25)29)15-4-7-18(26)8-5-15/h4-9,12,17,24,28H,10-11H2,1-3H3/t17-,24+/m1/s1. The van der Waals surface area contributed by atoms with Gasteiger partial charge in [0.15, 0.2) is 17.3 Å². The van der Waals surface area contributed by atoms with Crippen LogP contribution in [0.5, 0.6) is 11.5 Å². The quantitative estimate of drug-likeness (QED) is 0.712. The van der Waals surface area contributed by atoms with E-state index >= 15 is 0 Å². The Labute approximate surface area is 186 Å². The van der Waals surface area contributed by atoms with Crippen LogP contribution in [0.25, 0.3) is 0 Å². The monoisotopic (exact) mass is 434 g/mol. The lowest BCUT2D eigenvalue weighted by atomic mass is 9.72. The van der Waals surface area contributed by atoms with Gasteiger partial charge >= 0.3 is 0 Å². The summed E-state index contributed by atoms with van der Waals surface area (Å²) in [5.74, 6) is 0.858. The molecule has 6 heteroatoms. The molecule has 2 aromatic rings. The van der Waals surface area contributed by atoms with E-state index in [0.29, 0.717) is 40.5 Å². The molecular weight excluding hydrogens is 412 g/mol. The van der Waals surface area contributed by atoms with Gasteiger partial charge in [0, 0.05) is 28.4 Å². The van der Waals surface area contributed by atoms with Crippen molar-refractivity contribution >= 4 is 17.4 Å². The Balaban J connectivity index is 1.79. The second-order valence-corrected chi connectivity index (χ2v) is 8.23. The zero-order valence-electron chi connectivity index (χ0n) is 17.7. The van der Waals surface area contributed by atoms with Crippen molar-refractivity contribution in [1.82, 2.24) is 5.32 Å². The summed E-state index contributed by atoms with van der Waals surface area (Å²) in [4.78, 5) is 13.4. The highest BCUT2D eigenvalue weighted by atomic mass is 35.5. The summed E-state index contributed by atoms with van der Waals surface area (Å²) in [6.45, 7) is 1.88. The average Bonchev–Trinajstić information content (AvgIpc) is 2.78. The fourth-order valence-corrected chi connectivity index (χ4v) is 4.65. The smallest absolute Gasteiger partial charge is 0.162 e. The molecule has 2 aromatic carbocycles. The molecule has 1 heterocycles. The van der Waals surface area contributed by atoms with Crippen LogP contribution in [0.3, 0.4) is 0 Å². The first kappa shape index (κ1) is 21.0. The van der Waals surface area contributed by atoms with Crippen molar-refractivity contribution in [2.24, 2.45) is 0 Å². The lowest BCUT2D eigenvalue weighted by Gasteiger charge is -2.35. The number of nitriles is 1. The van der Waals surface area contributed by atoms with Crippen molar-refractivity contribution in [2.45, 2.75) is 31.6 Å². The number of methoxy groups -OCH3 is 2. The number of halogens is 1. The van der Waals surface area contributed by atoms with Crippen LogP contribution in [-0.2, 0) is 4.79 Å². The van der Waals surface area contributed by atoms with Gasteiger partial charge in [-0.2, -0.15) is 5.26 Å². The van der Waals surface area contributed by atoms with E-state index in [1.165, 1.54) is 0 Å². The molecule has 158 valence electrons. The van der Waals surface area contributed by atoms with E-state index in [9.17, 15) is 10.1 Å².